The third-order valence-electron chi connectivity index (χ3n) is 5.12. The molecule has 29 heavy (non-hydrogen) atoms. The first-order chi connectivity index (χ1) is 14.2. The fourth-order valence-corrected chi connectivity index (χ4v) is 3.47. The molecular formula is C21H24FN7. The molecule has 2 heterocycles. The Morgan fingerprint density at radius 1 is 1.00 bits per heavy atom. The Morgan fingerprint density at radius 3 is 2.41 bits per heavy atom. The molecule has 1 aromatic heterocycles. The van der Waals surface area contributed by atoms with Crippen LogP contribution in [0.5, 0.6) is 0 Å². The van der Waals surface area contributed by atoms with E-state index >= 15 is 0 Å². The molecule has 2 aromatic carbocycles. The van der Waals surface area contributed by atoms with Crippen LogP contribution in [0.15, 0.2) is 66.2 Å². The van der Waals surface area contributed by atoms with Gasteiger partial charge in [-0.2, -0.15) is 5.10 Å². The maximum absolute atomic E-state index is 13.1. The summed E-state index contributed by atoms with van der Waals surface area (Å²) < 4.78 is 14.9. The molecule has 1 saturated heterocycles. The first-order valence-electron chi connectivity index (χ1n) is 9.63. The Labute approximate surface area is 169 Å². The molecule has 0 atom stereocenters. The van der Waals surface area contributed by atoms with Gasteiger partial charge < -0.3 is 15.5 Å². The summed E-state index contributed by atoms with van der Waals surface area (Å²) in [6, 6.07) is 14.8. The molecule has 0 saturated carbocycles. The Hall–Kier alpha value is -3.42. The van der Waals surface area contributed by atoms with Gasteiger partial charge in [0.1, 0.15) is 18.5 Å². The lowest BCUT2D eigenvalue weighted by molar-refractivity contribution is 0.380. The maximum Gasteiger partial charge on any atom is 0.191 e. The molecule has 1 aliphatic rings. The molecule has 2 N–H and O–H groups in total. The SMILES string of the molecule is NC(=NCc1ccccc1Cn1cncn1)N1CCN(c2ccc(F)cc2)CC1. The van der Waals surface area contributed by atoms with Crippen LogP contribution in [-0.2, 0) is 13.1 Å². The zero-order chi connectivity index (χ0) is 20.1. The molecule has 1 fully saturated rings. The summed E-state index contributed by atoms with van der Waals surface area (Å²) in [5.74, 6) is 0.340. The van der Waals surface area contributed by atoms with Crippen LogP contribution in [0.2, 0.25) is 0 Å². The van der Waals surface area contributed by atoms with Crippen molar-refractivity contribution >= 4 is 11.6 Å². The second-order valence-corrected chi connectivity index (χ2v) is 6.99. The van der Waals surface area contributed by atoms with Crippen molar-refractivity contribution in [1.82, 2.24) is 19.7 Å². The number of piperazine rings is 1. The molecule has 150 valence electrons. The summed E-state index contributed by atoms with van der Waals surface area (Å²) in [6.07, 6.45) is 3.24. The summed E-state index contributed by atoms with van der Waals surface area (Å²) in [6.45, 7) is 4.40. The Bertz CT molecular complexity index is 945. The van der Waals surface area contributed by atoms with E-state index in [1.807, 2.05) is 24.3 Å². The van der Waals surface area contributed by atoms with Crippen LogP contribution in [0.25, 0.3) is 0 Å². The number of hydrogen-bond acceptors (Lipinski definition) is 4. The first-order valence-corrected chi connectivity index (χ1v) is 9.63. The minimum atomic E-state index is -0.215. The summed E-state index contributed by atoms with van der Waals surface area (Å²) in [5, 5.41) is 4.17. The van der Waals surface area contributed by atoms with Crippen molar-refractivity contribution in [1.29, 1.82) is 0 Å². The standard InChI is InChI=1S/C21H24FN7/c22-19-5-7-20(8-6-19)27-9-11-28(12-10-27)21(23)25-13-17-3-1-2-4-18(17)14-29-16-24-15-26-29/h1-8,15-16H,9-14H2,(H2,23,25). The Morgan fingerprint density at radius 2 is 1.72 bits per heavy atom. The number of anilines is 1. The van der Waals surface area contributed by atoms with E-state index in [0.717, 1.165) is 43.0 Å². The summed E-state index contributed by atoms with van der Waals surface area (Å²) in [5.41, 5.74) is 9.57. The number of nitrogens with zero attached hydrogens (tertiary/aromatic N) is 6. The van der Waals surface area contributed by atoms with Crippen LogP contribution in [0, 0.1) is 5.82 Å². The van der Waals surface area contributed by atoms with E-state index in [1.54, 1.807) is 11.0 Å². The van der Waals surface area contributed by atoms with Gasteiger partial charge in [0.15, 0.2) is 5.96 Å². The highest BCUT2D eigenvalue weighted by atomic mass is 19.1. The zero-order valence-electron chi connectivity index (χ0n) is 16.2. The minimum absolute atomic E-state index is 0.215. The molecule has 7 nitrogen and oxygen atoms in total. The monoisotopic (exact) mass is 393 g/mol. The van der Waals surface area contributed by atoms with Gasteiger partial charge in [0.2, 0.25) is 0 Å². The smallest absolute Gasteiger partial charge is 0.191 e. The average molecular weight is 393 g/mol. The second-order valence-electron chi connectivity index (χ2n) is 6.99. The summed E-state index contributed by atoms with van der Waals surface area (Å²) in [7, 11) is 0. The molecule has 0 amide bonds. The van der Waals surface area contributed by atoms with E-state index < -0.39 is 0 Å². The highest BCUT2D eigenvalue weighted by molar-refractivity contribution is 5.78. The van der Waals surface area contributed by atoms with Gasteiger partial charge in [-0.15, -0.1) is 0 Å². The molecule has 0 unspecified atom stereocenters. The van der Waals surface area contributed by atoms with Crippen LogP contribution in [0.3, 0.4) is 0 Å². The van der Waals surface area contributed by atoms with Crippen LogP contribution >= 0.6 is 0 Å². The van der Waals surface area contributed by atoms with E-state index in [4.69, 9.17) is 5.73 Å². The number of guanidine groups is 1. The number of aromatic nitrogens is 3. The molecule has 0 radical (unpaired) electrons. The fraction of sp³-hybridized carbons (Fsp3) is 0.286. The predicted octanol–water partition coefficient (Wildman–Crippen LogP) is 2.10. The lowest BCUT2D eigenvalue weighted by Crippen LogP contribution is -2.51. The molecule has 0 bridgehead atoms. The predicted molar refractivity (Wildman–Crippen MR) is 111 cm³/mol. The highest BCUT2D eigenvalue weighted by Crippen LogP contribution is 2.17. The van der Waals surface area contributed by atoms with Crippen molar-refractivity contribution in [2.75, 3.05) is 31.1 Å². The summed E-state index contributed by atoms with van der Waals surface area (Å²) >= 11 is 0. The lowest BCUT2D eigenvalue weighted by atomic mass is 10.1. The van der Waals surface area contributed by atoms with Gasteiger partial charge in [0.05, 0.1) is 13.1 Å². The van der Waals surface area contributed by atoms with Gasteiger partial charge in [-0.05, 0) is 35.4 Å². The normalized spacial score (nSPS) is 15.0. The van der Waals surface area contributed by atoms with Crippen molar-refractivity contribution in [2.24, 2.45) is 10.7 Å². The maximum atomic E-state index is 13.1. The van der Waals surface area contributed by atoms with Crippen LogP contribution in [0.1, 0.15) is 11.1 Å². The average Bonchev–Trinajstić information content (AvgIpc) is 3.27. The van der Waals surface area contributed by atoms with Gasteiger partial charge in [-0.25, -0.2) is 19.0 Å². The Kier molecular flexibility index (Phi) is 5.69. The van der Waals surface area contributed by atoms with Crippen molar-refractivity contribution in [3.05, 3.63) is 78.1 Å². The number of nitrogens with two attached hydrogens (primary N) is 1. The van der Waals surface area contributed by atoms with Crippen LogP contribution in [-0.4, -0.2) is 51.8 Å². The number of aliphatic imine (C=N–C) groups is 1. The molecule has 1 aliphatic heterocycles. The number of hydrogen-bond donors (Lipinski definition) is 1. The first kappa shape index (κ1) is 18.9. The molecule has 0 aliphatic carbocycles. The number of rotatable bonds is 5. The van der Waals surface area contributed by atoms with E-state index in [2.05, 4.69) is 37.0 Å². The molecule has 0 spiro atoms. The number of halogens is 1. The Balaban J connectivity index is 1.36. The van der Waals surface area contributed by atoms with Crippen molar-refractivity contribution in [2.45, 2.75) is 13.1 Å². The van der Waals surface area contributed by atoms with Crippen molar-refractivity contribution in [3.63, 3.8) is 0 Å². The number of benzene rings is 2. The van der Waals surface area contributed by atoms with Gasteiger partial charge in [0, 0.05) is 31.9 Å². The second kappa shape index (κ2) is 8.72. The quantitative estimate of drug-likeness (QED) is 0.531. The van der Waals surface area contributed by atoms with E-state index in [9.17, 15) is 4.39 Å². The van der Waals surface area contributed by atoms with Crippen molar-refractivity contribution < 1.29 is 4.39 Å². The van der Waals surface area contributed by atoms with Gasteiger partial charge in [0.25, 0.3) is 0 Å². The van der Waals surface area contributed by atoms with Gasteiger partial charge in [-0.3, -0.25) is 0 Å². The summed E-state index contributed by atoms with van der Waals surface area (Å²) in [4.78, 5) is 12.9. The van der Waals surface area contributed by atoms with Crippen molar-refractivity contribution in [3.8, 4) is 0 Å². The molecule has 3 aromatic rings. The lowest BCUT2D eigenvalue weighted by Gasteiger charge is -2.36. The fourth-order valence-electron chi connectivity index (χ4n) is 3.47. The van der Waals surface area contributed by atoms with Crippen LogP contribution < -0.4 is 10.6 Å². The largest absolute Gasteiger partial charge is 0.370 e. The highest BCUT2D eigenvalue weighted by Gasteiger charge is 2.18. The van der Waals surface area contributed by atoms with E-state index in [0.29, 0.717) is 19.0 Å². The molecular weight excluding hydrogens is 369 g/mol. The van der Waals surface area contributed by atoms with Crippen LogP contribution in [0.4, 0.5) is 10.1 Å². The topological polar surface area (TPSA) is 75.6 Å². The molecule has 8 heteroatoms. The third-order valence-corrected chi connectivity index (χ3v) is 5.12. The minimum Gasteiger partial charge on any atom is -0.370 e. The third kappa shape index (κ3) is 4.71. The van der Waals surface area contributed by atoms with E-state index in [-0.39, 0.29) is 5.82 Å². The van der Waals surface area contributed by atoms with Gasteiger partial charge >= 0.3 is 0 Å². The zero-order valence-corrected chi connectivity index (χ0v) is 16.2. The molecule has 4 rings (SSSR count). The van der Waals surface area contributed by atoms with Gasteiger partial charge in [-0.1, -0.05) is 24.3 Å². The van der Waals surface area contributed by atoms with E-state index in [1.165, 1.54) is 18.5 Å².